The molecule has 0 N–H and O–H groups in total. The molecule has 0 aliphatic carbocycles. The van der Waals surface area contributed by atoms with Gasteiger partial charge in [0.1, 0.15) is 17.1 Å². The Balaban J connectivity index is 1.21. The average Bonchev–Trinajstić information content (AvgIpc) is 2.78. The third-order valence-electron chi connectivity index (χ3n) is 5.58. The van der Waals surface area contributed by atoms with Gasteiger partial charge in [0.25, 0.3) is 0 Å². The van der Waals surface area contributed by atoms with Crippen molar-refractivity contribution in [2.45, 2.75) is 19.9 Å². The maximum absolute atomic E-state index is 11.8. The van der Waals surface area contributed by atoms with Crippen LogP contribution in [0, 0.1) is 0 Å². The number of benzene rings is 2. The van der Waals surface area contributed by atoms with Gasteiger partial charge in [-0.15, -0.1) is 0 Å². The monoisotopic (exact) mass is 422 g/mol. The maximum Gasteiger partial charge on any atom is 0.339 e. The van der Waals surface area contributed by atoms with Crippen molar-refractivity contribution in [1.82, 2.24) is 9.80 Å². The van der Waals surface area contributed by atoms with Gasteiger partial charge in [0.15, 0.2) is 0 Å². The molecule has 0 unspecified atom stereocenters. The standard InChI is InChI=1S/C25H30N2O4/c1-2-29-23-18-25(28)31-24-17-21(9-10-22(23)24)30-16-6-11-26-12-14-27(15-13-26)19-20-7-4-3-5-8-20/h3-5,7-10,17-18H,2,6,11-16,19H2,1H3. The quantitative estimate of drug-likeness (QED) is 0.386. The van der Waals surface area contributed by atoms with Gasteiger partial charge in [0.2, 0.25) is 0 Å². The summed E-state index contributed by atoms with van der Waals surface area (Å²) in [5.41, 5.74) is 1.45. The lowest BCUT2D eigenvalue weighted by atomic mass is 10.2. The minimum Gasteiger partial charge on any atom is -0.493 e. The van der Waals surface area contributed by atoms with Gasteiger partial charge in [-0.2, -0.15) is 0 Å². The first-order valence-corrected chi connectivity index (χ1v) is 11.0. The van der Waals surface area contributed by atoms with Crippen LogP contribution in [0.25, 0.3) is 11.0 Å². The molecule has 0 bridgehead atoms. The van der Waals surface area contributed by atoms with Gasteiger partial charge < -0.3 is 18.8 Å². The zero-order valence-corrected chi connectivity index (χ0v) is 18.1. The summed E-state index contributed by atoms with van der Waals surface area (Å²) in [6.45, 7) is 9.45. The summed E-state index contributed by atoms with van der Waals surface area (Å²) in [4.78, 5) is 16.8. The van der Waals surface area contributed by atoms with Crippen molar-refractivity contribution in [2.75, 3.05) is 45.9 Å². The van der Waals surface area contributed by atoms with E-state index >= 15 is 0 Å². The van der Waals surface area contributed by atoms with Crippen molar-refractivity contribution in [3.8, 4) is 11.5 Å². The second kappa shape index (κ2) is 10.5. The maximum atomic E-state index is 11.8. The van der Waals surface area contributed by atoms with Gasteiger partial charge in [-0.3, -0.25) is 4.90 Å². The third-order valence-corrected chi connectivity index (χ3v) is 5.58. The van der Waals surface area contributed by atoms with E-state index in [4.69, 9.17) is 13.9 Å². The molecule has 2 heterocycles. The van der Waals surface area contributed by atoms with Crippen LogP contribution in [-0.4, -0.2) is 55.7 Å². The smallest absolute Gasteiger partial charge is 0.339 e. The minimum absolute atomic E-state index is 0.417. The molecular formula is C25H30N2O4. The van der Waals surface area contributed by atoms with E-state index in [1.807, 2.05) is 19.1 Å². The first kappa shape index (κ1) is 21.4. The second-order valence-electron chi connectivity index (χ2n) is 7.83. The van der Waals surface area contributed by atoms with Gasteiger partial charge in [0.05, 0.1) is 24.7 Å². The van der Waals surface area contributed by atoms with Gasteiger partial charge in [-0.25, -0.2) is 4.79 Å². The summed E-state index contributed by atoms with van der Waals surface area (Å²) in [5, 5.41) is 0.780. The van der Waals surface area contributed by atoms with Crippen LogP contribution in [0.2, 0.25) is 0 Å². The van der Waals surface area contributed by atoms with E-state index in [1.54, 1.807) is 6.07 Å². The fourth-order valence-electron chi connectivity index (χ4n) is 3.97. The predicted molar refractivity (Wildman–Crippen MR) is 122 cm³/mol. The molecule has 3 aromatic rings. The molecule has 0 spiro atoms. The Kier molecular flexibility index (Phi) is 7.22. The number of hydrogen-bond acceptors (Lipinski definition) is 6. The molecule has 164 valence electrons. The molecule has 0 radical (unpaired) electrons. The largest absolute Gasteiger partial charge is 0.493 e. The Bertz CT molecular complexity index is 1030. The molecule has 6 nitrogen and oxygen atoms in total. The zero-order valence-electron chi connectivity index (χ0n) is 18.1. The number of fused-ring (bicyclic) bond motifs is 1. The van der Waals surface area contributed by atoms with E-state index in [0.29, 0.717) is 30.3 Å². The molecule has 4 rings (SSSR count). The van der Waals surface area contributed by atoms with Crippen molar-refractivity contribution >= 4 is 11.0 Å². The van der Waals surface area contributed by atoms with Gasteiger partial charge in [-0.05, 0) is 31.0 Å². The summed E-state index contributed by atoms with van der Waals surface area (Å²) in [6, 6.07) is 17.6. The minimum atomic E-state index is -0.417. The molecule has 31 heavy (non-hydrogen) atoms. The Morgan fingerprint density at radius 2 is 1.71 bits per heavy atom. The molecule has 0 amide bonds. The average molecular weight is 423 g/mol. The van der Waals surface area contributed by atoms with Crippen LogP contribution >= 0.6 is 0 Å². The molecule has 1 aromatic heterocycles. The molecule has 1 fully saturated rings. The van der Waals surface area contributed by atoms with Gasteiger partial charge in [-0.1, -0.05) is 30.3 Å². The highest BCUT2D eigenvalue weighted by Crippen LogP contribution is 2.27. The van der Waals surface area contributed by atoms with Crippen LogP contribution in [0.5, 0.6) is 11.5 Å². The van der Waals surface area contributed by atoms with E-state index in [1.165, 1.54) is 11.6 Å². The van der Waals surface area contributed by atoms with Crippen molar-refractivity contribution < 1.29 is 13.9 Å². The van der Waals surface area contributed by atoms with Crippen molar-refractivity contribution in [3.05, 3.63) is 70.6 Å². The molecule has 0 saturated carbocycles. The molecule has 1 saturated heterocycles. The first-order valence-electron chi connectivity index (χ1n) is 11.0. The zero-order chi connectivity index (χ0) is 21.5. The number of nitrogens with zero attached hydrogens (tertiary/aromatic N) is 2. The first-order chi connectivity index (χ1) is 15.2. The summed E-state index contributed by atoms with van der Waals surface area (Å²) in [5.74, 6) is 1.25. The predicted octanol–water partition coefficient (Wildman–Crippen LogP) is 3.78. The Labute approximate surface area is 183 Å². The highest BCUT2D eigenvalue weighted by Gasteiger charge is 2.16. The second-order valence-corrected chi connectivity index (χ2v) is 7.83. The van der Waals surface area contributed by atoms with E-state index in [2.05, 4.69) is 40.1 Å². The van der Waals surface area contributed by atoms with E-state index < -0.39 is 5.63 Å². The fraction of sp³-hybridized carbons (Fsp3) is 0.400. The lowest BCUT2D eigenvalue weighted by Gasteiger charge is -2.34. The fourth-order valence-corrected chi connectivity index (χ4v) is 3.97. The molecule has 0 atom stereocenters. The number of rotatable bonds is 9. The van der Waals surface area contributed by atoms with E-state index in [-0.39, 0.29) is 0 Å². The Morgan fingerprint density at radius 3 is 2.48 bits per heavy atom. The third kappa shape index (κ3) is 5.87. The highest BCUT2D eigenvalue weighted by molar-refractivity contribution is 5.84. The number of hydrogen-bond donors (Lipinski definition) is 0. The Morgan fingerprint density at radius 1 is 0.935 bits per heavy atom. The molecular weight excluding hydrogens is 392 g/mol. The Hall–Kier alpha value is -2.83. The van der Waals surface area contributed by atoms with Crippen molar-refractivity contribution in [1.29, 1.82) is 0 Å². The molecule has 1 aliphatic heterocycles. The number of piperazine rings is 1. The van der Waals surface area contributed by atoms with E-state index in [0.717, 1.165) is 51.1 Å². The summed E-state index contributed by atoms with van der Waals surface area (Å²) >= 11 is 0. The lowest BCUT2D eigenvalue weighted by molar-refractivity contribution is 0.121. The van der Waals surface area contributed by atoms with Crippen LogP contribution in [0.3, 0.4) is 0 Å². The summed E-state index contributed by atoms with van der Waals surface area (Å²) in [6.07, 6.45) is 0.958. The van der Waals surface area contributed by atoms with Crippen LogP contribution < -0.4 is 15.1 Å². The van der Waals surface area contributed by atoms with Crippen molar-refractivity contribution in [2.24, 2.45) is 0 Å². The van der Waals surface area contributed by atoms with Crippen LogP contribution in [0.4, 0.5) is 0 Å². The van der Waals surface area contributed by atoms with Gasteiger partial charge in [0, 0.05) is 45.3 Å². The molecule has 2 aromatic carbocycles. The van der Waals surface area contributed by atoms with Gasteiger partial charge >= 0.3 is 5.63 Å². The van der Waals surface area contributed by atoms with E-state index in [9.17, 15) is 4.79 Å². The van der Waals surface area contributed by atoms with Crippen LogP contribution in [0.1, 0.15) is 18.9 Å². The summed E-state index contributed by atoms with van der Waals surface area (Å²) in [7, 11) is 0. The lowest BCUT2D eigenvalue weighted by Crippen LogP contribution is -2.46. The highest BCUT2D eigenvalue weighted by atomic mass is 16.5. The normalized spacial score (nSPS) is 15.3. The summed E-state index contributed by atoms with van der Waals surface area (Å²) < 4.78 is 16.8. The topological polar surface area (TPSA) is 55.2 Å². The van der Waals surface area contributed by atoms with Crippen LogP contribution in [-0.2, 0) is 6.54 Å². The molecule has 6 heteroatoms. The number of ether oxygens (including phenoxy) is 2. The molecule has 1 aliphatic rings. The van der Waals surface area contributed by atoms with Crippen LogP contribution in [0.15, 0.2) is 63.8 Å². The van der Waals surface area contributed by atoms with Crippen molar-refractivity contribution in [3.63, 3.8) is 0 Å². The SMILES string of the molecule is CCOc1cc(=O)oc2cc(OCCCN3CCN(Cc4ccccc4)CC3)ccc12.